The Morgan fingerprint density at radius 3 is 2.53 bits per heavy atom. The van der Waals surface area contributed by atoms with Crippen molar-refractivity contribution in [2.45, 2.75) is 59.2 Å². The topological polar surface area (TPSA) is 62.2 Å². The summed E-state index contributed by atoms with van der Waals surface area (Å²) in [5, 5.41) is 7.18. The molecule has 3 heterocycles. The van der Waals surface area contributed by atoms with Crippen molar-refractivity contribution in [1.82, 2.24) is 14.9 Å². The standard InChI is InChI=1S/C27H33N5OS/c1-17(2)25(33)29-21-11-10-20(15-18(21)3)32-24(19-12-14-31(16-19)27(4,5)6)23(30-26(32)34)22-9-7-8-13-28-22/h7-17,23-24H,1-6H3,(H,29,33)(H,30,34)/t23-,24-/m0/s1. The van der Waals surface area contributed by atoms with Crippen molar-refractivity contribution in [3.05, 3.63) is 77.9 Å². The molecule has 1 saturated heterocycles. The lowest BCUT2D eigenvalue weighted by molar-refractivity contribution is -0.118. The fourth-order valence-electron chi connectivity index (χ4n) is 4.19. The van der Waals surface area contributed by atoms with Crippen molar-refractivity contribution >= 4 is 34.6 Å². The fourth-order valence-corrected chi connectivity index (χ4v) is 4.54. The second-order valence-corrected chi connectivity index (χ2v) is 10.5. The Labute approximate surface area is 207 Å². The lowest BCUT2D eigenvalue weighted by Crippen LogP contribution is -2.29. The number of pyridine rings is 1. The molecule has 0 saturated carbocycles. The van der Waals surface area contributed by atoms with Crippen LogP contribution in [0, 0.1) is 12.8 Å². The molecule has 3 aromatic rings. The van der Waals surface area contributed by atoms with Gasteiger partial charge in [-0.1, -0.05) is 19.9 Å². The summed E-state index contributed by atoms with van der Waals surface area (Å²) in [6, 6.07) is 14.0. The maximum Gasteiger partial charge on any atom is 0.226 e. The van der Waals surface area contributed by atoms with Crippen LogP contribution < -0.4 is 15.5 Å². The Morgan fingerprint density at radius 2 is 1.94 bits per heavy atom. The van der Waals surface area contributed by atoms with Crippen LogP contribution in [0.4, 0.5) is 11.4 Å². The summed E-state index contributed by atoms with van der Waals surface area (Å²) in [5.74, 6) is -0.0735. The van der Waals surface area contributed by atoms with E-state index in [1.807, 2.05) is 57.3 Å². The van der Waals surface area contributed by atoms with E-state index in [0.29, 0.717) is 5.11 Å². The van der Waals surface area contributed by atoms with Crippen LogP contribution in [-0.2, 0) is 10.3 Å². The van der Waals surface area contributed by atoms with Gasteiger partial charge in [0.25, 0.3) is 0 Å². The van der Waals surface area contributed by atoms with Gasteiger partial charge in [0.1, 0.15) is 0 Å². The van der Waals surface area contributed by atoms with Crippen molar-refractivity contribution in [3.8, 4) is 0 Å². The number of rotatable bonds is 5. The van der Waals surface area contributed by atoms with E-state index in [1.165, 1.54) is 0 Å². The number of nitrogens with one attached hydrogen (secondary N) is 2. The lowest BCUT2D eigenvalue weighted by atomic mass is 9.98. The quantitative estimate of drug-likeness (QED) is 0.462. The lowest BCUT2D eigenvalue weighted by Gasteiger charge is -2.28. The van der Waals surface area contributed by atoms with Gasteiger partial charge in [0.15, 0.2) is 5.11 Å². The highest BCUT2D eigenvalue weighted by Crippen LogP contribution is 2.42. The zero-order valence-corrected chi connectivity index (χ0v) is 21.5. The monoisotopic (exact) mass is 475 g/mol. The Kier molecular flexibility index (Phi) is 6.49. The third-order valence-corrected chi connectivity index (χ3v) is 6.51. The molecule has 1 aliphatic heterocycles. The Hall–Kier alpha value is -3.19. The summed E-state index contributed by atoms with van der Waals surface area (Å²) < 4.78 is 2.23. The first-order valence-corrected chi connectivity index (χ1v) is 12.1. The number of hydrogen-bond donors (Lipinski definition) is 2. The van der Waals surface area contributed by atoms with Crippen molar-refractivity contribution in [2.24, 2.45) is 5.92 Å². The summed E-state index contributed by atoms with van der Waals surface area (Å²) in [7, 11) is 0. The van der Waals surface area contributed by atoms with Crippen LogP contribution in [0.15, 0.2) is 61.1 Å². The molecule has 0 unspecified atom stereocenters. The average Bonchev–Trinajstić information content (AvgIpc) is 3.40. The van der Waals surface area contributed by atoms with E-state index in [4.69, 9.17) is 12.2 Å². The van der Waals surface area contributed by atoms with Gasteiger partial charge >= 0.3 is 0 Å². The molecule has 1 aromatic carbocycles. The Morgan fingerprint density at radius 1 is 1.18 bits per heavy atom. The van der Waals surface area contributed by atoms with E-state index in [2.05, 4.69) is 70.4 Å². The number of aromatic nitrogens is 2. The van der Waals surface area contributed by atoms with E-state index in [9.17, 15) is 4.79 Å². The van der Waals surface area contributed by atoms with Crippen LogP contribution in [0.5, 0.6) is 0 Å². The number of nitrogens with zero attached hydrogens (tertiary/aromatic N) is 3. The van der Waals surface area contributed by atoms with Crippen LogP contribution >= 0.6 is 12.2 Å². The first-order valence-electron chi connectivity index (χ1n) is 11.7. The van der Waals surface area contributed by atoms with Gasteiger partial charge in [-0.15, -0.1) is 0 Å². The minimum Gasteiger partial charge on any atom is -0.351 e. The second-order valence-electron chi connectivity index (χ2n) is 10.2. The third-order valence-electron chi connectivity index (χ3n) is 6.20. The molecule has 2 N–H and O–H groups in total. The van der Waals surface area contributed by atoms with Crippen LogP contribution in [0.3, 0.4) is 0 Å². The molecule has 0 radical (unpaired) electrons. The van der Waals surface area contributed by atoms with Gasteiger partial charge < -0.3 is 20.1 Å². The molecule has 0 aliphatic carbocycles. The van der Waals surface area contributed by atoms with E-state index in [-0.39, 0.29) is 29.4 Å². The van der Waals surface area contributed by atoms with E-state index in [0.717, 1.165) is 28.2 Å². The molecular weight excluding hydrogens is 442 g/mol. The van der Waals surface area contributed by atoms with Gasteiger partial charge in [0, 0.05) is 41.4 Å². The van der Waals surface area contributed by atoms with E-state index < -0.39 is 0 Å². The first-order chi connectivity index (χ1) is 16.1. The predicted octanol–water partition coefficient (Wildman–Crippen LogP) is 5.72. The number of amides is 1. The largest absolute Gasteiger partial charge is 0.351 e. The molecule has 0 bridgehead atoms. The first kappa shape index (κ1) is 24.0. The number of benzene rings is 1. The minimum absolute atomic E-state index is 0.00539. The van der Waals surface area contributed by atoms with Crippen LogP contribution in [-0.4, -0.2) is 20.6 Å². The van der Waals surface area contributed by atoms with Crippen LogP contribution in [0.1, 0.15) is 63.5 Å². The number of hydrogen-bond acceptors (Lipinski definition) is 3. The Balaban J connectivity index is 1.75. The summed E-state index contributed by atoms with van der Waals surface area (Å²) in [6.07, 6.45) is 6.14. The van der Waals surface area contributed by atoms with Gasteiger partial charge in [-0.3, -0.25) is 9.78 Å². The number of thiocarbonyl (C=S) groups is 1. The SMILES string of the molecule is Cc1cc(N2C(=S)N[C@@H](c3ccccn3)[C@@H]2c2ccn(C(C)(C)C)c2)ccc1NC(=O)C(C)C. The summed E-state index contributed by atoms with van der Waals surface area (Å²) >= 11 is 5.85. The van der Waals surface area contributed by atoms with Gasteiger partial charge in [-0.2, -0.15) is 0 Å². The molecule has 1 amide bonds. The van der Waals surface area contributed by atoms with Gasteiger partial charge in [-0.05, 0) is 87.4 Å². The number of carbonyl (C=O) groups excluding carboxylic acids is 1. The summed E-state index contributed by atoms with van der Waals surface area (Å²) in [6.45, 7) is 12.4. The third kappa shape index (κ3) is 4.71. The number of carbonyl (C=O) groups is 1. The maximum absolute atomic E-state index is 12.2. The summed E-state index contributed by atoms with van der Waals surface area (Å²) in [4.78, 5) is 19.0. The van der Waals surface area contributed by atoms with E-state index >= 15 is 0 Å². The average molecular weight is 476 g/mol. The molecule has 34 heavy (non-hydrogen) atoms. The molecule has 2 atom stereocenters. The molecular formula is C27H33N5OS. The Bertz CT molecular complexity index is 1200. The van der Waals surface area contributed by atoms with E-state index in [1.54, 1.807) is 0 Å². The normalized spacial score (nSPS) is 18.3. The van der Waals surface area contributed by atoms with Crippen molar-refractivity contribution < 1.29 is 4.79 Å². The van der Waals surface area contributed by atoms with Crippen molar-refractivity contribution in [1.29, 1.82) is 0 Å². The van der Waals surface area contributed by atoms with Gasteiger partial charge in [0.2, 0.25) is 5.91 Å². The van der Waals surface area contributed by atoms with Crippen LogP contribution in [0.2, 0.25) is 0 Å². The molecule has 1 aliphatic rings. The molecule has 178 valence electrons. The van der Waals surface area contributed by atoms with Crippen molar-refractivity contribution in [3.63, 3.8) is 0 Å². The van der Waals surface area contributed by atoms with Crippen LogP contribution in [0.25, 0.3) is 0 Å². The highest BCUT2D eigenvalue weighted by molar-refractivity contribution is 7.80. The number of anilines is 2. The molecule has 0 spiro atoms. The molecule has 1 fully saturated rings. The molecule has 6 nitrogen and oxygen atoms in total. The highest BCUT2D eigenvalue weighted by Gasteiger charge is 2.41. The zero-order valence-electron chi connectivity index (χ0n) is 20.7. The zero-order chi connectivity index (χ0) is 24.6. The summed E-state index contributed by atoms with van der Waals surface area (Å²) in [5.41, 5.74) is 4.86. The van der Waals surface area contributed by atoms with Gasteiger partial charge in [0.05, 0.1) is 17.8 Å². The second kappa shape index (κ2) is 9.22. The molecule has 4 rings (SSSR count). The minimum atomic E-state index is -0.0925. The molecule has 7 heteroatoms. The molecule has 2 aromatic heterocycles. The number of aryl methyl sites for hydroxylation is 1. The highest BCUT2D eigenvalue weighted by atomic mass is 32.1. The smallest absolute Gasteiger partial charge is 0.226 e. The predicted molar refractivity (Wildman–Crippen MR) is 142 cm³/mol. The van der Waals surface area contributed by atoms with Crippen molar-refractivity contribution in [2.75, 3.05) is 10.2 Å². The maximum atomic E-state index is 12.2. The fraction of sp³-hybridized carbons (Fsp3) is 0.370. The van der Waals surface area contributed by atoms with Gasteiger partial charge in [-0.25, -0.2) is 0 Å².